The van der Waals surface area contributed by atoms with Crippen molar-refractivity contribution in [2.24, 2.45) is 0 Å². The second kappa shape index (κ2) is 9.21. The molecule has 0 saturated carbocycles. The molecule has 0 fully saturated rings. The Bertz CT molecular complexity index is 1370. The van der Waals surface area contributed by atoms with E-state index in [4.69, 9.17) is 33.0 Å². The Kier molecular flexibility index (Phi) is 6.35. The summed E-state index contributed by atoms with van der Waals surface area (Å²) in [5.74, 6) is -0.881. The first-order valence-electron chi connectivity index (χ1n) is 10.0. The van der Waals surface area contributed by atoms with Gasteiger partial charge in [-0.2, -0.15) is 0 Å². The van der Waals surface area contributed by atoms with Crippen LogP contribution in [0, 0.1) is 6.92 Å². The third kappa shape index (κ3) is 4.55. The van der Waals surface area contributed by atoms with Crippen LogP contribution in [-0.4, -0.2) is 37.5 Å². The number of aromatic nitrogens is 3. The maximum absolute atomic E-state index is 13.3. The quantitative estimate of drug-likeness (QED) is 0.364. The van der Waals surface area contributed by atoms with Crippen LogP contribution in [0.4, 0.5) is 0 Å². The molecule has 0 radical (unpaired) electrons. The normalized spacial score (nSPS) is 12.0. The summed E-state index contributed by atoms with van der Waals surface area (Å²) in [4.78, 5) is 33.3. The largest absolute Gasteiger partial charge is 0.479 e. The molecule has 2 heterocycles. The Balaban J connectivity index is 1.77. The van der Waals surface area contributed by atoms with E-state index >= 15 is 0 Å². The molecule has 1 N–H and O–H groups in total. The van der Waals surface area contributed by atoms with Crippen molar-refractivity contribution in [1.29, 1.82) is 0 Å². The smallest absolute Gasteiger partial charge is 0.344 e. The lowest BCUT2D eigenvalue weighted by molar-refractivity contribution is -0.144. The van der Waals surface area contributed by atoms with Gasteiger partial charge in [-0.25, -0.2) is 9.78 Å². The SMILES string of the molecule is Cc1c(C(=O)c2ccc(Cl)cc2)c2nccnc2n1Cc1cc(O[C@H](C)C(=O)O)ccc1Cl. The molecule has 9 heteroatoms. The molecule has 0 amide bonds. The number of hydrogen-bond acceptors (Lipinski definition) is 5. The molecule has 7 nitrogen and oxygen atoms in total. The molecule has 4 aromatic rings. The van der Waals surface area contributed by atoms with Gasteiger partial charge >= 0.3 is 5.97 Å². The van der Waals surface area contributed by atoms with Gasteiger partial charge in [0, 0.05) is 33.7 Å². The highest BCUT2D eigenvalue weighted by Crippen LogP contribution is 2.29. The Morgan fingerprint density at radius 3 is 2.48 bits per heavy atom. The molecule has 2 aromatic carbocycles. The van der Waals surface area contributed by atoms with Gasteiger partial charge < -0.3 is 14.4 Å². The molecular formula is C24H19Cl2N3O4. The van der Waals surface area contributed by atoms with E-state index in [0.29, 0.717) is 49.3 Å². The molecule has 0 saturated heterocycles. The first-order valence-corrected chi connectivity index (χ1v) is 10.8. The first-order chi connectivity index (χ1) is 15.8. The Morgan fingerprint density at radius 2 is 1.79 bits per heavy atom. The van der Waals surface area contributed by atoms with Crippen molar-refractivity contribution in [2.45, 2.75) is 26.5 Å². The highest BCUT2D eigenvalue weighted by atomic mass is 35.5. The molecule has 2 aromatic heterocycles. The second-order valence-electron chi connectivity index (χ2n) is 7.46. The van der Waals surface area contributed by atoms with Gasteiger partial charge in [0.1, 0.15) is 11.3 Å². The van der Waals surface area contributed by atoms with Crippen molar-refractivity contribution in [3.8, 4) is 5.75 Å². The fraction of sp³-hybridized carbons (Fsp3) is 0.167. The maximum atomic E-state index is 13.3. The Labute approximate surface area is 199 Å². The fourth-order valence-corrected chi connectivity index (χ4v) is 3.85. The lowest BCUT2D eigenvalue weighted by Gasteiger charge is -2.14. The summed E-state index contributed by atoms with van der Waals surface area (Å²) in [6, 6.07) is 11.6. The molecule has 1 atom stereocenters. The van der Waals surface area contributed by atoms with E-state index in [0.717, 1.165) is 0 Å². The minimum absolute atomic E-state index is 0.188. The topological polar surface area (TPSA) is 94.3 Å². The standard InChI is InChI=1S/C24H19Cl2N3O4/c1-13-20(22(30)15-3-5-17(25)6-4-15)21-23(28-10-9-27-21)29(13)12-16-11-18(7-8-19(16)26)33-14(2)24(31)32/h3-11,14H,12H2,1-2H3,(H,31,32)/t14-/m1/s1. The van der Waals surface area contributed by atoms with Crippen LogP contribution in [0.1, 0.15) is 34.1 Å². The highest BCUT2D eigenvalue weighted by molar-refractivity contribution is 6.31. The molecule has 0 bridgehead atoms. The van der Waals surface area contributed by atoms with Crippen molar-refractivity contribution < 1.29 is 19.4 Å². The first kappa shape index (κ1) is 22.8. The van der Waals surface area contributed by atoms with E-state index in [-0.39, 0.29) is 12.3 Å². The lowest BCUT2D eigenvalue weighted by atomic mass is 10.0. The zero-order valence-electron chi connectivity index (χ0n) is 17.8. The molecule has 0 unspecified atom stereocenters. The number of hydrogen-bond donors (Lipinski definition) is 1. The van der Waals surface area contributed by atoms with Crippen LogP contribution >= 0.6 is 23.2 Å². The predicted octanol–water partition coefficient (Wildman–Crippen LogP) is 5.18. The van der Waals surface area contributed by atoms with E-state index in [1.165, 1.54) is 6.92 Å². The molecule has 4 rings (SSSR count). The summed E-state index contributed by atoms with van der Waals surface area (Å²) >= 11 is 12.4. The maximum Gasteiger partial charge on any atom is 0.344 e. The van der Waals surface area contributed by atoms with Gasteiger partial charge in [-0.15, -0.1) is 0 Å². The van der Waals surface area contributed by atoms with E-state index in [9.17, 15) is 9.59 Å². The fourth-order valence-electron chi connectivity index (χ4n) is 3.55. The summed E-state index contributed by atoms with van der Waals surface area (Å²) in [5, 5.41) is 10.1. The van der Waals surface area contributed by atoms with Crippen LogP contribution in [0.5, 0.6) is 5.75 Å². The van der Waals surface area contributed by atoms with Gasteiger partial charge in [-0.05, 0) is 61.9 Å². The van der Waals surface area contributed by atoms with Crippen molar-refractivity contribution in [2.75, 3.05) is 0 Å². The average molecular weight is 484 g/mol. The second-order valence-corrected chi connectivity index (χ2v) is 8.31. The minimum Gasteiger partial charge on any atom is -0.479 e. The minimum atomic E-state index is -1.07. The van der Waals surface area contributed by atoms with E-state index in [1.807, 2.05) is 11.5 Å². The number of halogens is 2. The molecular weight excluding hydrogens is 465 g/mol. The van der Waals surface area contributed by atoms with Gasteiger partial charge in [0.2, 0.25) is 0 Å². The number of aliphatic carboxylic acids is 1. The monoisotopic (exact) mass is 483 g/mol. The van der Waals surface area contributed by atoms with E-state index in [2.05, 4.69) is 9.97 Å². The highest BCUT2D eigenvalue weighted by Gasteiger charge is 2.24. The third-order valence-electron chi connectivity index (χ3n) is 5.28. The molecule has 0 spiro atoms. The third-order valence-corrected chi connectivity index (χ3v) is 5.90. The zero-order valence-corrected chi connectivity index (χ0v) is 19.3. The number of benzene rings is 2. The predicted molar refractivity (Wildman–Crippen MR) is 125 cm³/mol. The zero-order chi connectivity index (χ0) is 23.7. The van der Waals surface area contributed by atoms with Crippen molar-refractivity contribution in [3.63, 3.8) is 0 Å². The number of carboxylic acids is 1. The van der Waals surface area contributed by atoms with Crippen LogP contribution in [-0.2, 0) is 11.3 Å². The number of ketones is 1. The molecule has 33 heavy (non-hydrogen) atoms. The number of fused-ring (bicyclic) bond motifs is 1. The lowest BCUT2D eigenvalue weighted by Crippen LogP contribution is -2.22. The van der Waals surface area contributed by atoms with Crippen LogP contribution in [0.2, 0.25) is 10.0 Å². The molecule has 168 valence electrons. The van der Waals surface area contributed by atoms with Crippen molar-refractivity contribution in [3.05, 3.63) is 87.3 Å². The number of carbonyl (C=O) groups excluding carboxylic acids is 1. The average Bonchev–Trinajstić information content (AvgIpc) is 3.07. The Morgan fingerprint density at radius 1 is 1.09 bits per heavy atom. The van der Waals surface area contributed by atoms with Crippen LogP contribution < -0.4 is 4.74 Å². The van der Waals surface area contributed by atoms with Crippen LogP contribution in [0.15, 0.2) is 54.9 Å². The number of ether oxygens (including phenoxy) is 1. The van der Waals surface area contributed by atoms with Crippen molar-refractivity contribution >= 4 is 46.1 Å². The van der Waals surface area contributed by atoms with Gasteiger partial charge in [0.15, 0.2) is 17.5 Å². The Hall–Kier alpha value is -3.42. The summed E-state index contributed by atoms with van der Waals surface area (Å²) in [6.07, 6.45) is 2.09. The van der Waals surface area contributed by atoms with Crippen molar-refractivity contribution in [1.82, 2.24) is 14.5 Å². The summed E-state index contributed by atoms with van der Waals surface area (Å²) in [5.41, 5.74) is 3.32. The van der Waals surface area contributed by atoms with E-state index < -0.39 is 12.1 Å². The number of carbonyl (C=O) groups is 2. The molecule has 0 aliphatic heterocycles. The number of carboxylic acid groups (broad SMARTS) is 1. The summed E-state index contributed by atoms with van der Waals surface area (Å²) < 4.78 is 7.34. The number of rotatable bonds is 7. The van der Waals surface area contributed by atoms with Gasteiger partial charge in [0.25, 0.3) is 0 Å². The summed E-state index contributed by atoms with van der Waals surface area (Å²) in [6.45, 7) is 3.56. The molecule has 0 aliphatic rings. The van der Waals surface area contributed by atoms with Crippen LogP contribution in [0.3, 0.4) is 0 Å². The van der Waals surface area contributed by atoms with Gasteiger partial charge in [0.05, 0.1) is 12.1 Å². The van der Waals surface area contributed by atoms with E-state index in [1.54, 1.807) is 54.9 Å². The summed E-state index contributed by atoms with van der Waals surface area (Å²) in [7, 11) is 0. The van der Waals surface area contributed by atoms with Gasteiger partial charge in [-0.1, -0.05) is 23.2 Å². The van der Waals surface area contributed by atoms with Crippen LogP contribution in [0.25, 0.3) is 11.2 Å². The molecule has 0 aliphatic carbocycles. The number of nitrogens with zero attached hydrogens (tertiary/aromatic N) is 3. The van der Waals surface area contributed by atoms with Gasteiger partial charge in [-0.3, -0.25) is 9.78 Å².